The number of aryl methyl sites for hydroxylation is 1. The van der Waals surface area contributed by atoms with Crippen LogP contribution in [0.1, 0.15) is 16.7 Å². The van der Waals surface area contributed by atoms with E-state index in [2.05, 4.69) is 6.07 Å². The quantitative estimate of drug-likeness (QED) is 0.646. The molecule has 106 valence electrons. The number of alkyl halides is 1. The first kappa shape index (κ1) is 15.3. The van der Waals surface area contributed by atoms with Crippen molar-refractivity contribution in [2.75, 3.05) is 5.88 Å². The molecular formula is C17H17Cl2F. The lowest BCUT2D eigenvalue weighted by atomic mass is 9.93. The highest BCUT2D eigenvalue weighted by atomic mass is 35.5. The van der Waals surface area contributed by atoms with Gasteiger partial charge in [0.2, 0.25) is 0 Å². The smallest absolute Gasteiger partial charge is 0.123 e. The van der Waals surface area contributed by atoms with Crippen LogP contribution in [0, 0.1) is 18.7 Å². The van der Waals surface area contributed by atoms with E-state index in [1.54, 1.807) is 12.1 Å². The molecule has 0 saturated heterocycles. The molecule has 0 nitrogen and oxygen atoms in total. The van der Waals surface area contributed by atoms with Gasteiger partial charge in [-0.3, -0.25) is 0 Å². The maximum Gasteiger partial charge on any atom is 0.123 e. The van der Waals surface area contributed by atoms with Gasteiger partial charge >= 0.3 is 0 Å². The van der Waals surface area contributed by atoms with Crippen molar-refractivity contribution in [2.24, 2.45) is 5.92 Å². The second-order valence-electron chi connectivity index (χ2n) is 5.15. The average Bonchev–Trinajstić information content (AvgIpc) is 2.41. The van der Waals surface area contributed by atoms with Crippen LogP contribution in [0.4, 0.5) is 4.39 Å². The molecule has 0 saturated carbocycles. The Labute approximate surface area is 129 Å². The molecule has 20 heavy (non-hydrogen) atoms. The third-order valence-electron chi connectivity index (χ3n) is 3.35. The summed E-state index contributed by atoms with van der Waals surface area (Å²) in [6, 6.07) is 12.7. The minimum atomic E-state index is -0.204. The summed E-state index contributed by atoms with van der Waals surface area (Å²) in [6.07, 6.45) is 1.56. The van der Waals surface area contributed by atoms with E-state index >= 15 is 0 Å². The van der Waals surface area contributed by atoms with E-state index in [0.29, 0.717) is 5.88 Å². The third kappa shape index (κ3) is 4.22. The Kier molecular flexibility index (Phi) is 5.45. The Morgan fingerprint density at radius 2 is 1.90 bits per heavy atom. The van der Waals surface area contributed by atoms with E-state index < -0.39 is 0 Å². The zero-order valence-corrected chi connectivity index (χ0v) is 12.9. The number of benzene rings is 2. The largest absolute Gasteiger partial charge is 0.207 e. The first-order valence-corrected chi connectivity index (χ1v) is 7.55. The van der Waals surface area contributed by atoms with E-state index in [0.717, 1.165) is 34.6 Å². The van der Waals surface area contributed by atoms with Gasteiger partial charge in [0.1, 0.15) is 5.82 Å². The van der Waals surface area contributed by atoms with Crippen LogP contribution in [0.3, 0.4) is 0 Å². The Balaban J connectivity index is 2.09. The summed E-state index contributed by atoms with van der Waals surface area (Å²) in [4.78, 5) is 0. The first-order valence-electron chi connectivity index (χ1n) is 6.64. The molecule has 0 aliphatic rings. The van der Waals surface area contributed by atoms with Crippen LogP contribution in [-0.2, 0) is 12.8 Å². The molecule has 2 aromatic carbocycles. The molecule has 0 amide bonds. The van der Waals surface area contributed by atoms with Crippen LogP contribution in [0.25, 0.3) is 0 Å². The van der Waals surface area contributed by atoms with Crippen LogP contribution in [0.5, 0.6) is 0 Å². The van der Waals surface area contributed by atoms with Gasteiger partial charge in [-0.1, -0.05) is 35.9 Å². The molecule has 0 fully saturated rings. The van der Waals surface area contributed by atoms with Crippen LogP contribution >= 0.6 is 23.2 Å². The lowest BCUT2D eigenvalue weighted by molar-refractivity contribution is 0.576. The molecule has 0 spiro atoms. The maximum atomic E-state index is 13.2. The molecule has 3 heteroatoms. The van der Waals surface area contributed by atoms with Gasteiger partial charge in [0.15, 0.2) is 0 Å². The van der Waals surface area contributed by atoms with Crippen molar-refractivity contribution in [3.8, 4) is 0 Å². The highest BCUT2D eigenvalue weighted by Crippen LogP contribution is 2.23. The van der Waals surface area contributed by atoms with Gasteiger partial charge in [-0.05, 0) is 60.6 Å². The summed E-state index contributed by atoms with van der Waals surface area (Å²) in [5, 5.41) is 0.777. The van der Waals surface area contributed by atoms with Crippen molar-refractivity contribution < 1.29 is 4.39 Å². The number of halogens is 3. The number of hydrogen-bond acceptors (Lipinski definition) is 0. The predicted molar refractivity (Wildman–Crippen MR) is 84.2 cm³/mol. The average molecular weight is 311 g/mol. The standard InChI is InChI=1S/C17H17Cl2F/c1-12-5-6-15(17(19)7-12)9-14(11-18)8-13-3-2-4-16(20)10-13/h2-7,10,14H,8-9,11H2,1H3. The predicted octanol–water partition coefficient (Wildman–Crippen LogP) is 5.43. The lowest BCUT2D eigenvalue weighted by Gasteiger charge is -2.15. The van der Waals surface area contributed by atoms with Crippen LogP contribution in [-0.4, -0.2) is 5.88 Å². The normalized spacial score (nSPS) is 12.4. The van der Waals surface area contributed by atoms with E-state index in [-0.39, 0.29) is 11.7 Å². The second-order valence-corrected chi connectivity index (χ2v) is 5.87. The van der Waals surface area contributed by atoms with E-state index in [1.165, 1.54) is 6.07 Å². The van der Waals surface area contributed by atoms with Gasteiger partial charge in [-0.15, -0.1) is 11.6 Å². The fraction of sp³-hybridized carbons (Fsp3) is 0.294. The van der Waals surface area contributed by atoms with Gasteiger partial charge < -0.3 is 0 Å². The Morgan fingerprint density at radius 1 is 1.10 bits per heavy atom. The molecule has 0 aliphatic carbocycles. The molecular weight excluding hydrogens is 294 g/mol. The Bertz CT molecular complexity index is 581. The first-order chi connectivity index (χ1) is 9.58. The zero-order chi connectivity index (χ0) is 14.5. The SMILES string of the molecule is Cc1ccc(CC(CCl)Cc2cccc(F)c2)c(Cl)c1. The van der Waals surface area contributed by atoms with Gasteiger partial charge in [-0.2, -0.15) is 0 Å². The Hall–Kier alpha value is -1.05. The summed E-state index contributed by atoms with van der Waals surface area (Å²) in [5.74, 6) is 0.573. The van der Waals surface area contributed by atoms with Crippen molar-refractivity contribution in [2.45, 2.75) is 19.8 Å². The molecule has 0 aliphatic heterocycles. The molecule has 0 radical (unpaired) electrons. The molecule has 0 N–H and O–H groups in total. The van der Waals surface area contributed by atoms with Gasteiger partial charge in [0, 0.05) is 10.9 Å². The minimum absolute atomic E-state index is 0.204. The highest BCUT2D eigenvalue weighted by molar-refractivity contribution is 6.31. The molecule has 0 heterocycles. The molecule has 2 aromatic rings. The molecule has 1 unspecified atom stereocenters. The third-order valence-corrected chi connectivity index (χ3v) is 4.14. The van der Waals surface area contributed by atoms with Crippen molar-refractivity contribution in [3.05, 3.63) is 70.0 Å². The van der Waals surface area contributed by atoms with Crippen LogP contribution in [0.2, 0.25) is 5.02 Å². The number of rotatable bonds is 5. The van der Waals surface area contributed by atoms with Crippen LogP contribution < -0.4 is 0 Å². The van der Waals surface area contributed by atoms with Crippen molar-refractivity contribution in [3.63, 3.8) is 0 Å². The zero-order valence-electron chi connectivity index (χ0n) is 11.4. The summed E-state index contributed by atoms with van der Waals surface area (Å²) in [7, 11) is 0. The Morgan fingerprint density at radius 3 is 2.55 bits per heavy atom. The second kappa shape index (κ2) is 7.10. The van der Waals surface area contributed by atoms with Gasteiger partial charge in [-0.25, -0.2) is 4.39 Å². The fourth-order valence-electron chi connectivity index (χ4n) is 2.31. The minimum Gasteiger partial charge on any atom is -0.207 e. The maximum absolute atomic E-state index is 13.2. The summed E-state index contributed by atoms with van der Waals surface area (Å²) < 4.78 is 13.2. The summed E-state index contributed by atoms with van der Waals surface area (Å²) in [5.41, 5.74) is 3.21. The van der Waals surface area contributed by atoms with Crippen molar-refractivity contribution >= 4 is 23.2 Å². The fourth-order valence-corrected chi connectivity index (χ4v) is 2.84. The molecule has 0 bridgehead atoms. The van der Waals surface area contributed by atoms with E-state index in [4.69, 9.17) is 23.2 Å². The molecule has 0 aromatic heterocycles. The van der Waals surface area contributed by atoms with Gasteiger partial charge in [0.25, 0.3) is 0 Å². The van der Waals surface area contributed by atoms with Crippen molar-refractivity contribution in [1.82, 2.24) is 0 Å². The van der Waals surface area contributed by atoms with E-state index in [9.17, 15) is 4.39 Å². The summed E-state index contributed by atoms with van der Waals surface area (Å²) in [6.45, 7) is 2.02. The highest BCUT2D eigenvalue weighted by Gasteiger charge is 2.12. The molecule has 2 rings (SSSR count). The van der Waals surface area contributed by atoms with Crippen molar-refractivity contribution in [1.29, 1.82) is 0 Å². The van der Waals surface area contributed by atoms with E-state index in [1.807, 2.05) is 25.1 Å². The lowest BCUT2D eigenvalue weighted by Crippen LogP contribution is -2.10. The van der Waals surface area contributed by atoms with Gasteiger partial charge in [0.05, 0.1) is 0 Å². The topological polar surface area (TPSA) is 0 Å². The van der Waals surface area contributed by atoms with Crippen LogP contribution in [0.15, 0.2) is 42.5 Å². The number of hydrogen-bond donors (Lipinski definition) is 0. The monoisotopic (exact) mass is 310 g/mol. The molecule has 1 atom stereocenters. The summed E-state index contributed by atoms with van der Waals surface area (Å²) >= 11 is 12.3.